The summed E-state index contributed by atoms with van der Waals surface area (Å²) in [5.41, 5.74) is 5.25. The minimum Gasteiger partial charge on any atom is -0.444 e. The SMILES string of the molecule is CC1CC2=C(Cc3ccccc32)CN1C(=O)C1CCC(CN(C)C(=O)OC(C)(C)C)CC1. The molecule has 0 bridgehead atoms. The Bertz CT molecular complexity index is 906. The lowest BCUT2D eigenvalue weighted by molar-refractivity contribution is -0.138. The summed E-state index contributed by atoms with van der Waals surface area (Å²) >= 11 is 0. The van der Waals surface area contributed by atoms with Crippen molar-refractivity contribution in [1.82, 2.24) is 9.80 Å². The molecule has 4 rings (SSSR count). The highest BCUT2D eigenvalue weighted by molar-refractivity contribution is 5.84. The van der Waals surface area contributed by atoms with Crippen LogP contribution >= 0.6 is 0 Å². The highest BCUT2D eigenvalue weighted by Gasteiger charge is 2.37. The minimum atomic E-state index is -0.476. The molecular formula is C27H38N2O3. The van der Waals surface area contributed by atoms with Crippen LogP contribution in [0.2, 0.25) is 0 Å². The van der Waals surface area contributed by atoms with Gasteiger partial charge in [0.25, 0.3) is 0 Å². The molecule has 1 saturated carbocycles. The van der Waals surface area contributed by atoms with E-state index in [1.165, 1.54) is 22.3 Å². The number of nitrogens with zero attached hydrogens (tertiary/aromatic N) is 2. The van der Waals surface area contributed by atoms with Crippen LogP contribution in [0.4, 0.5) is 4.79 Å². The van der Waals surface area contributed by atoms with E-state index in [4.69, 9.17) is 4.74 Å². The van der Waals surface area contributed by atoms with Crippen LogP contribution in [0.25, 0.3) is 5.57 Å². The van der Waals surface area contributed by atoms with Gasteiger partial charge in [-0.3, -0.25) is 4.79 Å². The molecule has 1 aromatic carbocycles. The molecule has 32 heavy (non-hydrogen) atoms. The summed E-state index contributed by atoms with van der Waals surface area (Å²) in [6, 6.07) is 8.94. The Morgan fingerprint density at radius 2 is 1.81 bits per heavy atom. The molecule has 1 atom stereocenters. The van der Waals surface area contributed by atoms with Crippen molar-refractivity contribution in [3.8, 4) is 0 Å². The average Bonchev–Trinajstić information content (AvgIpc) is 3.09. The van der Waals surface area contributed by atoms with Crippen molar-refractivity contribution in [3.63, 3.8) is 0 Å². The molecule has 2 aliphatic carbocycles. The Hall–Kier alpha value is -2.30. The van der Waals surface area contributed by atoms with Gasteiger partial charge in [0.15, 0.2) is 0 Å². The molecule has 1 fully saturated rings. The first kappa shape index (κ1) is 22.9. The maximum atomic E-state index is 13.4. The highest BCUT2D eigenvalue weighted by atomic mass is 16.6. The number of carbonyl (C=O) groups is 2. The van der Waals surface area contributed by atoms with E-state index in [0.717, 1.165) is 45.1 Å². The van der Waals surface area contributed by atoms with Crippen molar-refractivity contribution in [2.45, 2.75) is 77.9 Å². The molecular weight excluding hydrogens is 400 g/mol. The van der Waals surface area contributed by atoms with Gasteiger partial charge in [0.2, 0.25) is 5.91 Å². The van der Waals surface area contributed by atoms with E-state index in [-0.39, 0.29) is 18.1 Å². The van der Waals surface area contributed by atoms with Crippen LogP contribution in [-0.4, -0.2) is 53.6 Å². The van der Waals surface area contributed by atoms with Gasteiger partial charge in [0.05, 0.1) is 0 Å². The van der Waals surface area contributed by atoms with Crippen LogP contribution < -0.4 is 0 Å². The third-order valence-electron chi connectivity index (χ3n) is 7.28. The van der Waals surface area contributed by atoms with Gasteiger partial charge in [-0.25, -0.2) is 4.79 Å². The highest BCUT2D eigenvalue weighted by Crippen LogP contribution is 2.41. The van der Waals surface area contributed by atoms with Crippen molar-refractivity contribution in [1.29, 1.82) is 0 Å². The summed E-state index contributed by atoms with van der Waals surface area (Å²) in [7, 11) is 1.81. The maximum absolute atomic E-state index is 13.4. The first-order chi connectivity index (χ1) is 15.1. The number of hydrogen-bond donors (Lipinski definition) is 0. The van der Waals surface area contributed by atoms with E-state index in [0.29, 0.717) is 18.4 Å². The molecule has 3 aliphatic rings. The fourth-order valence-corrected chi connectivity index (χ4v) is 5.59. The zero-order chi connectivity index (χ0) is 23.0. The van der Waals surface area contributed by atoms with Gasteiger partial charge in [-0.15, -0.1) is 0 Å². The molecule has 5 nitrogen and oxygen atoms in total. The minimum absolute atomic E-state index is 0.117. The topological polar surface area (TPSA) is 49.9 Å². The normalized spacial score (nSPS) is 25.3. The van der Waals surface area contributed by atoms with Gasteiger partial charge < -0.3 is 14.5 Å². The maximum Gasteiger partial charge on any atom is 0.410 e. The van der Waals surface area contributed by atoms with Crippen molar-refractivity contribution in [3.05, 3.63) is 41.0 Å². The molecule has 5 heteroatoms. The van der Waals surface area contributed by atoms with E-state index in [1.54, 1.807) is 4.90 Å². The zero-order valence-electron chi connectivity index (χ0n) is 20.3. The molecule has 1 unspecified atom stereocenters. The lowest BCUT2D eigenvalue weighted by atomic mass is 9.80. The quantitative estimate of drug-likeness (QED) is 0.644. The summed E-state index contributed by atoms with van der Waals surface area (Å²) < 4.78 is 5.47. The standard InChI is InChI=1S/C27H38N2O3/c1-18-14-24-22(15-21-8-6-7-9-23(21)24)17-29(18)25(30)20-12-10-19(11-13-20)16-28(5)26(31)32-27(2,3)4/h6-9,18-20H,10-17H2,1-5H3. The second kappa shape index (κ2) is 8.92. The first-order valence-electron chi connectivity index (χ1n) is 12.2. The number of rotatable bonds is 3. The summed E-state index contributed by atoms with van der Waals surface area (Å²) in [5, 5.41) is 0. The second-order valence-corrected chi connectivity index (χ2v) is 11.0. The summed E-state index contributed by atoms with van der Waals surface area (Å²) in [5.74, 6) is 0.888. The lowest BCUT2D eigenvalue weighted by Gasteiger charge is -2.39. The summed E-state index contributed by atoms with van der Waals surface area (Å²) in [6.07, 6.45) is 5.51. The molecule has 0 radical (unpaired) electrons. The van der Waals surface area contributed by atoms with Crippen LogP contribution in [0.1, 0.15) is 70.9 Å². The van der Waals surface area contributed by atoms with Crippen LogP contribution in [0.15, 0.2) is 29.8 Å². The van der Waals surface area contributed by atoms with Crippen molar-refractivity contribution in [2.24, 2.45) is 11.8 Å². The number of carbonyl (C=O) groups excluding carboxylic acids is 2. The molecule has 0 aromatic heterocycles. The van der Waals surface area contributed by atoms with Crippen molar-refractivity contribution >= 4 is 17.6 Å². The molecule has 0 saturated heterocycles. The average molecular weight is 439 g/mol. The third-order valence-corrected chi connectivity index (χ3v) is 7.28. The Morgan fingerprint density at radius 1 is 1.12 bits per heavy atom. The molecule has 0 spiro atoms. The number of ether oxygens (including phenoxy) is 1. The van der Waals surface area contributed by atoms with E-state index < -0.39 is 5.60 Å². The zero-order valence-corrected chi connectivity index (χ0v) is 20.3. The van der Waals surface area contributed by atoms with Gasteiger partial charge in [-0.1, -0.05) is 24.3 Å². The van der Waals surface area contributed by atoms with Gasteiger partial charge in [-0.05, 0) is 94.4 Å². The van der Waals surface area contributed by atoms with E-state index in [9.17, 15) is 9.59 Å². The molecule has 2 amide bonds. The Balaban J connectivity index is 1.30. The summed E-state index contributed by atoms with van der Waals surface area (Å²) in [6.45, 7) is 9.35. The van der Waals surface area contributed by atoms with Gasteiger partial charge in [0, 0.05) is 32.1 Å². The van der Waals surface area contributed by atoms with Crippen LogP contribution in [0.3, 0.4) is 0 Å². The lowest BCUT2D eigenvalue weighted by Crippen LogP contribution is -2.46. The monoisotopic (exact) mass is 438 g/mol. The van der Waals surface area contributed by atoms with Gasteiger partial charge in [-0.2, -0.15) is 0 Å². The van der Waals surface area contributed by atoms with Gasteiger partial charge in [0.1, 0.15) is 5.60 Å². The number of fused-ring (bicyclic) bond motifs is 2. The Labute approximate surface area is 192 Å². The van der Waals surface area contributed by atoms with E-state index >= 15 is 0 Å². The predicted molar refractivity (Wildman–Crippen MR) is 127 cm³/mol. The summed E-state index contributed by atoms with van der Waals surface area (Å²) in [4.78, 5) is 29.5. The van der Waals surface area contributed by atoms with Crippen molar-refractivity contribution in [2.75, 3.05) is 20.1 Å². The number of benzene rings is 1. The van der Waals surface area contributed by atoms with Crippen molar-refractivity contribution < 1.29 is 14.3 Å². The van der Waals surface area contributed by atoms with Gasteiger partial charge >= 0.3 is 6.09 Å². The number of amides is 2. The fraction of sp³-hybridized carbons (Fsp3) is 0.630. The van der Waals surface area contributed by atoms with E-state index in [1.807, 2.05) is 27.8 Å². The molecule has 0 N–H and O–H groups in total. The Morgan fingerprint density at radius 3 is 2.50 bits per heavy atom. The predicted octanol–water partition coefficient (Wildman–Crippen LogP) is 5.29. The third kappa shape index (κ3) is 4.87. The van der Waals surface area contributed by atoms with Crippen LogP contribution in [-0.2, 0) is 16.0 Å². The second-order valence-electron chi connectivity index (χ2n) is 11.0. The van der Waals surface area contributed by atoms with Crippen LogP contribution in [0, 0.1) is 11.8 Å². The first-order valence-corrected chi connectivity index (χ1v) is 12.2. The molecule has 1 heterocycles. The molecule has 1 aliphatic heterocycles. The fourth-order valence-electron chi connectivity index (χ4n) is 5.59. The Kier molecular flexibility index (Phi) is 6.37. The smallest absolute Gasteiger partial charge is 0.410 e. The number of hydrogen-bond acceptors (Lipinski definition) is 3. The molecule has 1 aromatic rings. The molecule has 174 valence electrons. The van der Waals surface area contributed by atoms with Crippen LogP contribution in [0.5, 0.6) is 0 Å². The largest absolute Gasteiger partial charge is 0.444 e. The van der Waals surface area contributed by atoms with E-state index in [2.05, 4.69) is 36.1 Å².